The Labute approximate surface area is 171 Å². The summed E-state index contributed by atoms with van der Waals surface area (Å²) >= 11 is 6.45. The van der Waals surface area contributed by atoms with Crippen LogP contribution in [0.5, 0.6) is 5.75 Å². The van der Waals surface area contributed by atoms with Crippen molar-refractivity contribution < 1.29 is 14.6 Å². The fourth-order valence-corrected chi connectivity index (χ4v) is 4.19. The number of carboxylic acid groups (broad SMARTS) is 1. The summed E-state index contributed by atoms with van der Waals surface area (Å²) in [7, 11) is 1.53. The number of pyridine rings is 2. The molecule has 1 aliphatic rings. The first kappa shape index (κ1) is 18.0. The zero-order valence-electron chi connectivity index (χ0n) is 16.0. The van der Waals surface area contributed by atoms with Crippen LogP contribution in [0, 0.1) is 12.8 Å². The summed E-state index contributed by atoms with van der Waals surface area (Å²) in [6, 6.07) is 5.55. The first-order valence-electron chi connectivity index (χ1n) is 9.42. The van der Waals surface area contributed by atoms with Gasteiger partial charge in [-0.15, -0.1) is 0 Å². The number of halogens is 1. The minimum atomic E-state index is -1.03. The standard InChI is InChI=1S/C21H19ClN4O3/c1-11-17(24-26-10-14(21(27)28)8-16(29-2)18(11)26)15-7-13-5-6-23-20(22)19(13)25(15)9-12-3-4-12/h5-8,10,12H,3-4,9H2,1-2H3,(H,27,28). The Morgan fingerprint density at radius 2 is 2.14 bits per heavy atom. The molecule has 8 heteroatoms. The average molecular weight is 411 g/mol. The van der Waals surface area contributed by atoms with Crippen LogP contribution in [0.1, 0.15) is 28.8 Å². The number of aryl methyl sites for hydroxylation is 1. The van der Waals surface area contributed by atoms with Gasteiger partial charge in [0.15, 0.2) is 5.15 Å². The van der Waals surface area contributed by atoms with Crippen molar-refractivity contribution in [2.75, 3.05) is 7.11 Å². The first-order chi connectivity index (χ1) is 14.0. The molecule has 0 bridgehead atoms. The maximum absolute atomic E-state index is 11.5. The molecule has 0 amide bonds. The van der Waals surface area contributed by atoms with Crippen LogP contribution in [-0.4, -0.2) is 37.4 Å². The SMILES string of the molecule is COc1cc(C(=O)O)cn2nc(-c3cc4ccnc(Cl)c4n3CC3CC3)c(C)c12. The van der Waals surface area contributed by atoms with Gasteiger partial charge in [0, 0.05) is 29.9 Å². The quantitative estimate of drug-likeness (QED) is 0.492. The zero-order chi connectivity index (χ0) is 20.3. The molecule has 1 aliphatic carbocycles. The maximum atomic E-state index is 11.5. The number of carbonyl (C=O) groups is 1. The van der Waals surface area contributed by atoms with Gasteiger partial charge in [-0.3, -0.25) is 0 Å². The molecular formula is C21H19ClN4O3. The van der Waals surface area contributed by atoms with Gasteiger partial charge >= 0.3 is 5.97 Å². The van der Waals surface area contributed by atoms with Gasteiger partial charge in [-0.2, -0.15) is 5.10 Å². The second-order valence-corrected chi connectivity index (χ2v) is 7.85. The molecular weight excluding hydrogens is 392 g/mol. The predicted molar refractivity (Wildman–Crippen MR) is 110 cm³/mol. The summed E-state index contributed by atoms with van der Waals surface area (Å²) in [5.41, 5.74) is 4.42. The Balaban J connectivity index is 1.79. The molecule has 4 aromatic heterocycles. The van der Waals surface area contributed by atoms with E-state index in [4.69, 9.17) is 21.4 Å². The van der Waals surface area contributed by atoms with E-state index in [1.807, 2.05) is 13.0 Å². The number of aromatic nitrogens is 4. The van der Waals surface area contributed by atoms with E-state index in [2.05, 4.69) is 15.6 Å². The fourth-order valence-electron chi connectivity index (χ4n) is 3.92. The van der Waals surface area contributed by atoms with E-state index in [1.54, 1.807) is 10.7 Å². The van der Waals surface area contributed by atoms with Crippen LogP contribution in [-0.2, 0) is 6.54 Å². The second-order valence-electron chi connectivity index (χ2n) is 7.49. The van der Waals surface area contributed by atoms with E-state index in [0.717, 1.165) is 39.9 Å². The molecule has 7 nitrogen and oxygen atoms in total. The monoisotopic (exact) mass is 410 g/mol. The third-order valence-corrected chi connectivity index (χ3v) is 5.82. The summed E-state index contributed by atoms with van der Waals surface area (Å²) in [5, 5.41) is 15.6. The van der Waals surface area contributed by atoms with Gasteiger partial charge in [0.05, 0.1) is 23.9 Å². The molecule has 0 saturated heterocycles. The Morgan fingerprint density at radius 1 is 1.34 bits per heavy atom. The predicted octanol–water partition coefficient (Wildman–Crippen LogP) is 4.43. The number of carboxylic acids is 1. The van der Waals surface area contributed by atoms with Crippen LogP contribution in [0.25, 0.3) is 27.8 Å². The molecule has 4 aromatic rings. The lowest BCUT2D eigenvalue weighted by atomic mass is 10.1. The van der Waals surface area contributed by atoms with Crippen molar-refractivity contribution in [2.24, 2.45) is 5.92 Å². The lowest BCUT2D eigenvalue weighted by Crippen LogP contribution is -2.03. The van der Waals surface area contributed by atoms with Crippen molar-refractivity contribution in [2.45, 2.75) is 26.3 Å². The van der Waals surface area contributed by atoms with Gasteiger partial charge < -0.3 is 14.4 Å². The van der Waals surface area contributed by atoms with Gasteiger partial charge in [-0.1, -0.05) is 11.6 Å². The van der Waals surface area contributed by atoms with Crippen molar-refractivity contribution in [3.05, 3.63) is 46.9 Å². The van der Waals surface area contributed by atoms with E-state index < -0.39 is 5.97 Å². The molecule has 0 radical (unpaired) electrons. The number of ether oxygens (including phenoxy) is 1. The van der Waals surface area contributed by atoms with Crippen molar-refractivity contribution in [3.8, 4) is 17.1 Å². The summed E-state index contributed by atoms with van der Waals surface area (Å²) in [4.78, 5) is 15.7. The molecule has 148 valence electrons. The number of hydrogen-bond donors (Lipinski definition) is 1. The smallest absolute Gasteiger partial charge is 0.337 e. The van der Waals surface area contributed by atoms with Gasteiger partial charge in [-0.05, 0) is 43.9 Å². The van der Waals surface area contributed by atoms with E-state index in [9.17, 15) is 9.90 Å². The van der Waals surface area contributed by atoms with Crippen LogP contribution < -0.4 is 4.74 Å². The van der Waals surface area contributed by atoms with Crippen LogP contribution in [0.2, 0.25) is 5.15 Å². The molecule has 0 aliphatic heterocycles. The van der Waals surface area contributed by atoms with Gasteiger partial charge in [0.2, 0.25) is 0 Å². The van der Waals surface area contributed by atoms with E-state index in [1.165, 1.54) is 32.2 Å². The third-order valence-electron chi connectivity index (χ3n) is 5.54. The van der Waals surface area contributed by atoms with E-state index in [-0.39, 0.29) is 5.56 Å². The number of aromatic carboxylic acids is 1. The molecule has 29 heavy (non-hydrogen) atoms. The lowest BCUT2D eigenvalue weighted by Gasteiger charge is -2.10. The van der Waals surface area contributed by atoms with Gasteiger partial charge in [0.25, 0.3) is 0 Å². The highest BCUT2D eigenvalue weighted by Crippen LogP contribution is 2.39. The largest absolute Gasteiger partial charge is 0.494 e. The van der Waals surface area contributed by atoms with Crippen molar-refractivity contribution in [3.63, 3.8) is 0 Å². The first-order valence-corrected chi connectivity index (χ1v) is 9.80. The topological polar surface area (TPSA) is 81.7 Å². The number of methoxy groups -OCH3 is 1. The van der Waals surface area contributed by atoms with E-state index >= 15 is 0 Å². The van der Waals surface area contributed by atoms with Crippen LogP contribution in [0.15, 0.2) is 30.6 Å². The molecule has 4 heterocycles. The fraction of sp³-hybridized carbons (Fsp3) is 0.286. The van der Waals surface area contributed by atoms with E-state index in [0.29, 0.717) is 16.8 Å². The van der Waals surface area contributed by atoms with Gasteiger partial charge in [-0.25, -0.2) is 14.3 Å². The highest BCUT2D eigenvalue weighted by Gasteiger charge is 2.27. The zero-order valence-corrected chi connectivity index (χ0v) is 16.8. The molecule has 0 spiro atoms. The molecule has 1 fully saturated rings. The molecule has 5 rings (SSSR count). The molecule has 0 unspecified atom stereocenters. The molecule has 1 saturated carbocycles. The minimum absolute atomic E-state index is 0.120. The highest BCUT2D eigenvalue weighted by molar-refractivity contribution is 6.34. The Bertz CT molecular complexity index is 1290. The number of rotatable bonds is 5. The van der Waals surface area contributed by atoms with Crippen LogP contribution in [0.3, 0.4) is 0 Å². The Kier molecular flexibility index (Phi) is 4.03. The summed E-state index contributed by atoms with van der Waals surface area (Å²) in [6.07, 6.45) is 5.63. The van der Waals surface area contributed by atoms with Crippen LogP contribution >= 0.6 is 11.6 Å². The number of nitrogens with zero attached hydrogens (tertiary/aromatic N) is 4. The molecule has 0 aromatic carbocycles. The Morgan fingerprint density at radius 3 is 2.83 bits per heavy atom. The molecule has 0 atom stereocenters. The Hall–Kier alpha value is -3.06. The average Bonchev–Trinajstić information content (AvgIpc) is 3.35. The second kappa shape index (κ2) is 6.49. The van der Waals surface area contributed by atoms with Crippen molar-refractivity contribution >= 4 is 34.0 Å². The van der Waals surface area contributed by atoms with Crippen LogP contribution in [0.4, 0.5) is 0 Å². The van der Waals surface area contributed by atoms with Crippen molar-refractivity contribution in [1.82, 2.24) is 19.2 Å². The summed E-state index contributed by atoms with van der Waals surface area (Å²) in [5.74, 6) is 0.0809. The molecule has 1 N–H and O–H groups in total. The van der Waals surface area contributed by atoms with Gasteiger partial charge in [0.1, 0.15) is 17.0 Å². The normalized spacial score (nSPS) is 14.0. The summed E-state index contributed by atoms with van der Waals surface area (Å²) in [6.45, 7) is 2.83. The summed E-state index contributed by atoms with van der Waals surface area (Å²) < 4.78 is 9.25. The third kappa shape index (κ3) is 2.84. The lowest BCUT2D eigenvalue weighted by molar-refractivity contribution is 0.0695. The highest BCUT2D eigenvalue weighted by atomic mass is 35.5. The van der Waals surface area contributed by atoms with Crippen molar-refractivity contribution in [1.29, 1.82) is 0 Å². The maximum Gasteiger partial charge on any atom is 0.337 e. The minimum Gasteiger partial charge on any atom is -0.494 e. The number of hydrogen-bond acceptors (Lipinski definition) is 4. The number of fused-ring (bicyclic) bond motifs is 2.